The Balaban J connectivity index is 1.99. The first-order chi connectivity index (χ1) is 12.7. The van der Waals surface area contributed by atoms with Crippen molar-refractivity contribution in [1.29, 1.82) is 0 Å². The third kappa shape index (κ3) is 3.80. The van der Waals surface area contributed by atoms with Gasteiger partial charge in [0.25, 0.3) is 0 Å². The average Bonchev–Trinajstić information content (AvgIpc) is 3.02. The van der Waals surface area contributed by atoms with Crippen LogP contribution < -0.4 is 4.74 Å². The lowest BCUT2D eigenvalue weighted by Gasteiger charge is -2.31. The van der Waals surface area contributed by atoms with E-state index in [2.05, 4.69) is 5.10 Å². The van der Waals surface area contributed by atoms with Crippen molar-refractivity contribution in [2.24, 2.45) is 5.10 Å². The molecular formula is C19H17F3N2O3. The van der Waals surface area contributed by atoms with Crippen LogP contribution in [0.15, 0.2) is 59.7 Å². The summed E-state index contributed by atoms with van der Waals surface area (Å²) in [6, 6.07) is 14.5. The van der Waals surface area contributed by atoms with Crippen molar-refractivity contribution >= 4 is 11.6 Å². The smallest absolute Gasteiger partial charge is 0.431 e. The number of alkyl halides is 3. The van der Waals surface area contributed by atoms with Gasteiger partial charge >= 0.3 is 6.18 Å². The molecule has 142 valence electrons. The van der Waals surface area contributed by atoms with Crippen LogP contribution >= 0.6 is 0 Å². The van der Waals surface area contributed by atoms with Crippen LogP contribution in [0, 0.1) is 0 Å². The van der Waals surface area contributed by atoms with E-state index in [1.54, 1.807) is 36.4 Å². The Morgan fingerprint density at radius 3 is 2.56 bits per heavy atom. The van der Waals surface area contributed by atoms with Gasteiger partial charge in [0, 0.05) is 5.56 Å². The van der Waals surface area contributed by atoms with Crippen molar-refractivity contribution in [2.75, 3.05) is 7.11 Å². The number of methoxy groups -OCH3 is 1. The lowest BCUT2D eigenvalue weighted by molar-refractivity contribution is -0.157. The van der Waals surface area contributed by atoms with E-state index in [1.165, 1.54) is 25.3 Å². The zero-order valence-electron chi connectivity index (χ0n) is 14.4. The van der Waals surface area contributed by atoms with Gasteiger partial charge in [0.15, 0.2) is 5.72 Å². The molecule has 1 aliphatic rings. The van der Waals surface area contributed by atoms with E-state index < -0.39 is 29.9 Å². The second-order valence-corrected chi connectivity index (χ2v) is 6.14. The summed E-state index contributed by atoms with van der Waals surface area (Å²) in [6.45, 7) is 0. The molecule has 0 unspecified atom stereocenters. The minimum atomic E-state index is -4.76. The Hall–Kier alpha value is -2.87. The van der Waals surface area contributed by atoms with Crippen molar-refractivity contribution in [1.82, 2.24) is 5.01 Å². The van der Waals surface area contributed by atoms with E-state index in [0.29, 0.717) is 16.3 Å². The maximum Gasteiger partial charge on any atom is 0.431 e. The van der Waals surface area contributed by atoms with Gasteiger partial charge in [0.05, 0.1) is 20.0 Å². The fourth-order valence-corrected chi connectivity index (χ4v) is 2.91. The summed E-state index contributed by atoms with van der Waals surface area (Å²) in [7, 11) is 1.40. The highest BCUT2D eigenvalue weighted by molar-refractivity contribution is 5.95. The standard InChI is InChI=1S/C19H17F3N2O3/c1-27-15-9-5-8-14(11-15)18(26)12-16(19(20,21)22)23-24(18)17(25)10-13-6-3-2-4-7-13/h2-9,11,26H,10,12H2,1H3/t18-/m0/s1. The Labute approximate surface area is 153 Å². The van der Waals surface area contributed by atoms with E-state index in [4.69, 9.17) is 4.74 Å². The SMILES string of the molecule is COc1cccc([C@@]2(O)CC(C(F)(F)F)=NN2C(=O)Cc2ccccc2)c1. The summed E-state index contributed by atoms with van der Waals surface area (Å²) in [5.41, 5.74) is -2.77. The Morgan fingerprint density at radius 2 is 1.93 bits per heavy atom. The molecule has 0 spiro atoms. The molecule has 0 aliphatic carbocycles. The van der Waals surface area contributed by atoms with E-state index in [1.807, 2.05) is 0 Å². The summed E-state index contributed by atoms with van der Waals surface area (Å²) >= 11 is 0. The van der Waals surface area contributed by atoms with Crippen LogP contribution in [0.5, 0.6) is 5.75 Å². The van der Waals surface area contributed by atoms with E-state index >= 15 is 0 Å². The van der Waals surface area contributed by atoms with Crippen LogP contribution in [0.1, 0.15) is 17.5 Å². The number of aliphatic hydroxyl groups is 1. The van der Waals surface area contributed by atoms with Gasteiger partial charge in [0.2, 0.25) is 5.91 Å². The van der Waals surface area contributed by atoms with Crippen LogP contribution in [-0.2, 0) is 16.9 Å². The van der Waals surface area contributed by atoms with Crippen molar-refractivity contribution in [3.05, 3.63) is 65.7 Å². The number of ether oxygens (including phenoxy) is 1. The summed E-state index contributed by atoms with van der Waals surface area (Å²) in [4.78, 5) is 12.7. The molecule has 0 fully saturated rings. The van der Waals surface area contributed by atoms with Gasteiger partial charge in [0.1, 0.15) is 11.5 Å². The second kappa shape index (κ2) is 7.03. The van der Waals surface area contributed by atoms with Crippen LogP contribution in [0.2, 0.25) is 0 Å². The number of amides is 1. The van der Waals surface area contributed by atoms with Crippen molar-refractivity contribution in [3.63, 3.8) is 0 Å². The Bertz CT molecular complexity index is 868. The van der Waals surface area contributed by atoms with Crippen LogP contribution in [0.4, 0.5) is 13.2 Å². The van der Waals surface area contributed by atoms with Crippen LogP contribution in [0.25, 0.3) is 0 Å². The molecule has 1 amide bonds. The normalized spacial score (nSPS) is 19.7. The topological polar surface area (TPSA) is 62.1 Å². The zero-order valence-corrected chi connectivity index (χ0v) is 14.4. The summed E-state index contributed by atoms with van der Waals surface area (Å²) in [5.74, 6) is -0.400. The molecule has 0 bridgehead atoms. The Morgan fingerprint density at radius 1 is 1.22 bits per heavy atom. The highest BCUT2D eigenvalue weighted by Crippen LogP contribution is 2.40. The number of hydrogen-bond acceptors (Lipinski definition) is 4. The van der Waals surface area contributed by atoms with E-state index in [9.17, 15) is 23.1 Å². The largest absolute Gasteiger partial charge is 0.497 e. The van der Waals surface area contributed by atoms with Gasteiger partial charge < -0.3 is 9.84 Å². The molecule has 2 aromatic rings. The van der Waals surface area contributed by atoms with Gasteiger partial charge in [-0.1, -0.05) is 42.5 Å². The van der Waals surface area contributed by atoms with Gasteiger partial charge in [-0.2, -0.15) is 23.3 Å². The van der Waals surface area contributed by atoms with Crippen LogP contribution in [-0.4, -0.2) is 35.0 Å². The van der Waals surface area contributed by atoms with E-state index in [0.717, 1.165) is 0 Å². The molecule has 2 aromatic carbocycles. The lowest BCUT2D eigenvalue weighted by atomic mass is 9.96. The molecule has 1 atom stereocenters. The second-order valence-electron chi connectivity index (χ2n) is 6.14. The molecule has 1 N–H and O–H groups in total. The van der Waals surface area contributed by atoms with Crippen molar-refractivity contribution < 1.29 is 27.8 Å². The maximum absolute atomic E-state index is 13.2. The average molecular weight is 378 g/mol. The number of nitrogens with zero attached hydrogens (tertiary/aromatic N) is 2. The molecule has 0 radical (unpaired) electrons. The first kappa shape index (κ1) is 18.9. The highest BCUT2D eigenvalue weighted by Gasteiger charge is 2.53. The zero-order chi connectivity index (χ0) is 19.7. The molecule has 1 aliphatic heterocycles. The lowest BCUT2D eigenvalue weighted by Crippen LogP contribution is -2.44. The minimum absolute atomic E-state index is 0.0891. The number of rotatable bonds is 4. The molecule has 0 saturated heterocycles. The fourth-order valence-electron chi connectivity index (χ4n) is 2.91. The van der Waals surface area contributed by atoms with E-state index in [-0.39, 0.29) is 12.0 Å². The third-order valence-electron chi connectivity index (χ3n) is 4.28. The van der Waals surface area contributed by atoms with Gasteiger partial charge in [-0.3, -0.25) is 4.79 Å². The number of halogens is 3. The fraction of sp³-hybridized carbons (Fsp3) is 0.263. The summed E-state index contributed by atoms with van der Waals surface area (Å²) < 4.78 is 44.7. The first-order valence-electron chi connectivity index (χ1n) is 8.12. The molecule has 0 aromatic heterocycles. The highest BCUT2D eigenvalue weighted by atomic mass is 19.4. The molecule has 27 heavy (non-hydrogen) atoms. The van der Waals surface area contributed by atoms with Gasteiger partial charge in [-0.25, -0.2) is 0 Å². The molecule has 8 heteroatoms. The van der Waals surface area contributed by atoms with Gasteiger partial charge in [-0.15, -0.1) is 0 Å². The number of benzene rings is 2. The number of hydrazone groups is 1. The summed E-state index contributed by atoms with van der Waals surface area (Å²) in [6.07, 6.45) is -5.80. The summed E-state index contributed by atoms with van der Waals surface area (Å²) in [5, 5.41) is 15.0. The molecule has 0 saturated carbocycles. The van der Waals surface area contributed by atoms with Crippen LogP contribution in [0.3, 0.4) is 0 Å². The minimum Gasteiger partial charge on any atom is -0.497 e. The maximum atomic E-state index is 13.2. The third-order valence-corrected chi connectivity index (χ3v) is 4.28. The number of carbonyl (C=O) groups is 1. The molecule has 5 nitrogen and oxygen atoms in total. The predicted molar refractivity (Wildman–Crippen MR) is 92.0 cm³/mol. The van der Waals surface area contributed by atoms with Crippen molar-refractivity contribution in [2.45, 2.75) is 24.7 Å². The first-order valence-corrected chi connectivity index (χ1v) is 8.12. The van der Waals surface area contributed by atoms with Crippen molar-refractivity contribution in [3.8, 4) is 5.75 Å². The monoisotopic (exact) mass is 378 g/mol. The number of carbonyl (C=O) groups excluding carboxylic acids is 1. The Kier molecular flexibility index (Phi) is 4.93. The predicted octanol–water partition coefficient (Wildman–Crippen LogP) is 3.23. The molecule has 1 heterocycles. The molecular weight excluding hydrogens is 361 g/mol. The van der Waals surface area contributed by atoms with Gasteiger partial charge in [-0.05, 0) is 17.7 Å². The molecule has 3 rings (SSSR count). The number of hydrogen-bond donors (Lipinski definition) is 1. The quantitative estimate of drug-likeness (QED) is 0.889.